The normalized spacial score (nSPS) is 12.6. The summed E-state index contributed by atoms with van der Waals surface area (Å²) < 4.78 is 83.1. The monoisotopic (exact) mass is 563 g/mol. The van der Waals surface area contributed by atoms with Crippen molar-refractivity contribution in [1.29, 1.82) is 0 Å². The third-order valence-electron chi connectivity index (χ3n) is 5.70. The summed E-state index contributed by atoms with van der Waals surface area (Å²) >= 11 is 0. The number of aliphatic carboxylic acids is 1. The van der Waals surface area contributed by atoms with Crippen molar-refractivity contribution in [3.8, 4) is 22.6 Å². The van der Waals surface area contributed by atoms with Gasteiger partial charge in [0, 0.05) is 6.42 Å². The average Bonchev–Trinajstić information content (AvgIpc) is 3.35. The zero-order valence-corrected chi connectivity index (χ0v) is 20.2. The number of carboxylic acid groups (broad SMARTS) is 1. The van der Waals surface area contributed by atoms with Gasteiger partial charge in [0.05, 0.1) is 17.4 Å². The van der Waals surface area contributed by atoms with Gasteiger partial charge in [-0.05, 0) is 41.0 Å². The fraction of sp³-hybridized carbons (Fsp3) is 0.148. The number of para-hydroxylation sites is 1. The number of alkyl halides is 6. The first-order valence-electron chi connectivity index (χ1n) is 11.5. The summed E-state index contributed by atoms with van der Waals surface area (Å²) in [7, 11) is 0. The molecule has 0 fully saturated rings. The predicted octanol–water partition coefficient (Wildman–Crippen LogP) is 5.88. The number of carbonyl (C=O) groups excluding carboxylic acids is 1. The maximum Gasteiger partial charge on any atom is 0.573 e. The number of carbonyl (C=O) groups is 2. The number of carboxylic acids is 1. The van der Waals surface area contributed by atoms with Gasteiger partial charge in [-0.3, -0.25) is 4.79 Å². The summed E-state index contributed by atoms with van der Waals surface area (Å²) in [6.45, 7) is 0. The van der Waals surface area contributed by atoms with E-state index < -0.39 is 47.5 Å². The third kappa shape index (κ3) is 6.79. The van der Waals surface area contributed by atoms with Crippen molar-refractivity contribution >= 4 is 11.9 Å². The number of rotatable bonds is 8. The molecule has 208 valence electrons. The van der Waals surface area contributed by atoms with Crippen molar-refractivity contribution in [3.05, 3.63) is 102 Å². The maximum atomic E-state index is 13.9. The van der Waals surface area contributed by atoms with Crippen LogP contribution in [0.25, 0.3) is 16.8 Å². The molecule has 0 spiro atoms. The molecule has 1 heterocycles. The number of benzene rings is 3. The summed E-state index contributed by atoms with van der Waals surface area (Å²) in [4.78, 5) is 24.7. The first kappa shape index (κ1) is 28.2. The van der Waals surface area contributed by atoms with E-state index in [1.807, 2.05) is 0 Å². The van der Waals surface area contributed by atoms with E-state index in [1.54, 1.807) is 18.2 Å². The van der Waals surface area contributed by atoms with Gasteiger partial charge in [0.25, 0.3) is 5.91 Å². The number of hydrogen-bond donors (Lipinski definition) is 2. The van der Waals surface area contributed by atoms with Gasteiger partial charge in [0.15, 0.2) is 5.69 Å². The van der Waals surface area contributed by atoms with E-state index in [0.717, 1.165) is 18.3 Å². The smallest absolute Gasteiger partial charge is 0.480 e. The molecule has 0 bridgehead atoms. The van der Waals surface area contributed by atoms with Crippen LogP contribution in [0.15, 0.2) is 85.1 Å². The molecule has 1 aromatic heterocycles. The molecule has 4 rings (SSSR count). The molecule has 0 aliphatic heterocycles. The zero-order chi connectivity index (χ0) is 29.1. The molecule has 1 amide bonds. The van der Waals surface area contributed by atoms with Crippen LogP contribution in [-0.2, 0) is 17.4 Å². The van der Waals surface area contributed by atoms with E-state index in [4.69, 9.17) is 0 Å². The number of nitrogens with zero attached hydrogens (tertiary/aromatic N) is 2. The second-order valence-corrected chi connectivity index (χ2v) is 8.49. The summed E-state index contributed by atoms with van der Waals surface area (Å²) in [5.74, 6) is -3.13. The first-order valence-corrected chi connectivity index (χ1v) is 11.5. The van der Waals surface area contributed by atoms with Gasteiger partial charge in [0.2, 0.25) is 0 Å². The number of hydrogen-bond acceptors (Lipinski definition) is 4. The Kier molecular flexibility index (Phi) is 7.84. The quantitative estimate of drug-likeness (QED) is 0.261. The molecule has 1 atom stereocenters. The van der Waals surface area contributed by atoms with Crippen LogP contribution in [0.2, 0.25) is 0 Å². The van der Waals surface area contributed by atoms with Gasteiger partial charge >= 0.3 is 18.5 Å². The minimum absolute atomic E-state index is 0.0614. The SMILES string of the molecule is O=C(N[C@@H](Cc1ccc(-c2ccc(OC(F)(F)F)cc2)cc1)C(=O)O)c1cnn(-c2ccccc2)c1C(F)(F)F. The van der Waals surface area contributed by atoms with Crippen molar-refractivity contribution in [3.63, 3.8) is 0 Å². The molecule has 0 radical (unpaired) electrons. The fourth-order valence-electron chi connectivity index (χ4n) is 3.91. The standard InChI is InChI=1S/C27H19F6N3O4/c28-26(29,30)23-21(15-34-36(23)19-4-2-1-3-5-19)24(37)35-22(25(38)39)14-16-6-8-17(9-7-16)18-10-12-20(13-11-18)40-27(31,32)33/h1-13,15,22H,14H2,(H,35,37)(H,38,39)/t22-/m0/s1. The van der Waals surface area contributed by atoms with Crippen LogP contribution in [0, 0.1) is 0 Å². The molecule has 0 aliphatic carbocycles. The summed E-state index contributed by atoms with van der Waals surface area (Å²) in [5.41, 5.74) is -0.538. The third-order valence-corrected chi connectivity index (χ3v) is 5.70. The Hall–Kier alpha value is -4.81. The van der Waals surface area contributed by atoms with Gasteiger partial charge in [-0.1, -0.05) is 54.6 Å². The number of halogens is 6. The lowest BCUT2D eigenvalue weighted by molar-refractivity contribution is -0.274. The van der Waals surface area contributed by atoms with Crippen molar-refractivity contribution in [2.24, 2.45) is 0 Å². The Balaban J connectivity index is 1.50. The van der Waals surface area contributed by atoms with Crippen LogP contribution in [-0.4, -0.2) is 39.2 Å². The van der Waals surface area contributed by atoms with E-state index in [9.17, 15) is 41.0 Å². The molecule has 4 aromatic rings. The zero-order valence-electron chi connectivity index (χ0n) is 20.2. The molecule has 3 aromatic carbocycles. The number of nitrogens with one attached hydrogen (secondary N) is 1. The van der Waals surface area contributed by atoms with Gasteiger partial charge in [-0.15, -0.1) is 13.2 Å². The molecule has 0 aliphatic rings. The van der Waals surface area contributed by atoms with Crippen LogP contribution < -0.4 is 10.1 Å². The minimum Gasteiger partial charge on any atom is -0.480 e. The molecule has 0 saturated heterocycles. The summed E-state index contributed by atoms with van der Waals surface area (Å²) in [6.07, 6.45) is -9.32. The molecular formula is C27H19F6N3O4. The lowest BCUT2D eigenvalue weighted by Crippen LogP contribution is -2.42. The first-order chi connectivity index (χ1) is 18.8. The molecule has 2 N–H and O–H groups in total. The Morgan fingerprint density at radius 3 is 1.98 bits per heavy atom. The van der Waals surface area contributed by atoms with E-state index in [1.165, 1.54) is 48.5 Å². The Labute approximate surface area is 222 Å². The molecule has 0 saturated carbocycles. The largest absolute Gasteiger partial charge is 0.573 e. The highest BCUT2D eigenvalue weighted by molar-refractivity contribution is 5.97. The topological polar surface area (TPSA) is 93.4 Å². The van der Waals surface area contributed by atoms with Crippen molar-refractivity contribution in [1.82, 2.24) is 15.1 Å². The van der Waals surface area contributed by atoms with Crippen LogP contribution >= 0.6 is 0 Å². The lowest BCUT2D eigenvalue weighted by Gasteiger charge is -2.16. The maximum absolute atomic E-state index is 13.9. The second-order valence-electron chi connectivity index (χ2n) is 8.49. The Morgan fingerprint density at radius 1 is 0.875 bits per heavy atom. The van der Waals surface area contributed by atoms with Gasteiger partial charge in [-0.2, -0.15) is 18.3 Å². The van der Waals surface area contributed by atoms with Crippen LogP contribution in [0.3, 0.4) is 0 Å². The molecular weight excluding hydrogens is 544 g/mol. The van der Waals surface area contributed by atoms with Crippen molar-refractivity contribution in [2.45, 2.75) is 25.0 Å². The highest BCUT2D eigenvalue weighted by Gasteiger charge is 2.41. The van der Waals surface area contributed by atoms with Gasteiger partial charge in [0.1, 0.15) is 11.8 Å². The van der Waals surface area contributed by atoms with E-state index >= 15 is 0 Å². The fourth-order valence-corrected chi connectivity index (χ4v) is 3.91. The Morgan fingerprint density at radius 2 is 1.45 bits per heavy atom. The molecule has 0 unspecified atom stereocenters. The molecule has 40 heavy (non-hydrogen) atoms. The lowest BCUT2D eigenvalue weighted by atomic mass is 10.0. The molecule has 7 nitrogen and oxygen atoms in total. The van der Waals surface area contributed by atoms with Crippen LogP contribution in [0.5, 0.6) is 5.75 Å². The highest BCUT2D eigenvalue weighted by atomic mass is 19.4. The van der Waals surface area contributed by atoms with E-state index in [0.29, 0.717) is 21.4 Å². The predicted molar refractivity (Wildman–Crippen MR) is 130 cm³/mol. The van der Waals surface area contributed by atoms with E-state index in [2.05, 4.69) is 15.2 Å². The average molecular weight is 563 g/mol. The van der Waals surface area contributed by atoms with Crippen LogP contribution in [0.1, 0.15) is 21.6 Å². The summed E-state index contributed by atoms with van der Waals surface area (Å²) in [6, 6.07) is 17.1. The molecule has 13 heteroatoms. The minimum atomic E-state index is -4.97. The second kappa shape index (κ2) is 11.1. The number of amides is 1. The van der Waals surface area contributed by atoms with Crippen molar-refractivity contribution < 1.29 is 45.8 Å². The summed E-state index contributed by atoms with van der Waals surface area (Å²) in [5, 5.41) is 15.5. The number of aromatic nitrogens is 2. The van der Waals surface area contributed by atoms with Crippen LogP contribution in [0.4, 0.5) is 26.3 Å². The van der Waals surface area contributed by atoms with Gasteiger partial charge in [-0.25, -0.2) is 9.48 Å². The Bertz CT molecular complexity index is 1480. The highest BCUT2D eigenvalue weighted by Crippen LogP contribution is 2.34. The number of ether oxygens (including phenoxy) is 1. The van der Waals surface area contributed by atoms with Gasteiger partial charge < -0.3 is 15.2 Å². The van der Waals surface area contributed by atoms with Crippen molar-refractivity contribution in [2.75, 3.05) is 0 Å². The van der Waals surface area contributed by atoms with E-state index in [-0.39, 0.29) is 12.1 Å².